The van der Waals surface area contributed by atoms with Crippen molar-refractivity contribution in [1.82, 2.24) is 19.7 Å². The first-order chi connectivity index (χ1) is 15.6. The molecule has 0 bridgehead atoms. The number of likely N-dealkylation sites (N-methyl/N-ethyl adjacent to an activating group) is 1. The molecule has 0 aliphatic carbocycles. The van der Waals surface area contributed by atoms with E-state index in [9.17, 15) is 9.59 Å². The van der Waals surface area contributed by atoms with Gasteiger partial charge in [0.1, 0.15) is 6.54 Å². The highest BCUT2D eigenvalue weighted by Gasteiger charge is 2.18. The van der Waals surface area contributed by atoms with E-state index in [0.29, 0.717) is 29.4 Å². The molecule has 0 saturated heterocycles. The van der Waals surface area contributed by atoms with E-state index in [2.05, 4.69) is 22.0 Å². The molecule has 0 aliphatic heterocycles. The molecule has 0 spiro atoms. The van der Waals surface area contributed by atoms with E-state index in [4.69, 9.17) is 0 Å². The monoisotopic (exact) mass is 427 g/mol. The third-order valence-electron chi connectivity index (χ3n) is 5.49. The quantitative estimate of drug-likeness (QED) is 0.452. The van der Waals surface area contributed by atoms with E-state index >= 15 is 0 Å². The summed E-state index contributed by atoms with van der Waals surface area (Å²) in [5.74, 6) is -0.188. The molecule has 0 fully saturated rings. The minimum absolute atomic E-state index is 0.138. The predicted octanol–water partition coefficient (Wildman–Crippen LogP) is 3.39. The number of aryl methyl sites for hydroxylation is 1. The summed E-state index contributed by atoms with van der Waals surface area (Å²) in [5, 5.41) is 5.75. The number of fused-ring (bicyclic) bond motifs is 1. The number of hydrogen-bond donors (Lipinski definition) is 0. The Morgan fingerprint density at radius 3 is 2.41 bits per heavy atom. The fourth-order valence-electron chi connectivity index (χ4n) is 3.76. The number of amides is 1. The van der Waals surface area contributed by atoms with E-state index in [1.165, 1.54) is 10.2 Å². The molecular formula is C25H25N5O2. The number of rotatable bonds is 7. The molecule has 4 rings (SSSR count). The summed E-state index contributed by atoms with van der Waals surface area (Å²) in [7, 11) is 0. The van der Waals surface area contributed by atoms with E-state index in [1.54, 1.807) is 35.8 Å². The Bertz CT molecular complexity index is 1280. The first-order valence-electron chi connectivity index (χ1n) is 10.7. The number of nitrogens with zero attached hydrogens (tertiary/aromatic N) is 5. The lowest BCUT2D eigenvalue weighted by molar-refractivity contribution is -0.119. The molecule has 3 aromatic heterocycles. The largest absolute Gasteiger partial charge is 0.311 e. The fourth-order valence-corrected chi connectivity index (χ4v) is 3.76. The van der Waals surface area contributed by atoms with Crippen LogP contribution in [-0.4, -0.2) is 32.2 Å². The van der Waals surface area contributed by atoms with Gasteiger partial charge >= 0.3 is 0 Å². The molecule has 32 heavy (non-hydrogen) atoms. The summed E-state index contributed by atoms with van der Waals surface area (Å²) >= 11 is 0. The van der Waals surface area contributed by atoms with Crippen LogP contribution in [0.2, 0.25) is 0 Å². The smallest absolute Gasteiger partial charge is 0.275 e. The van der Waals surface area contributed by atoms with Crippen molar-refractivity contribution < 1.29 is 4.79 Å². The lowest BCUT2D eigenvalue weighted by Crippen LogP contribution is -2.37. The number of benzene rings is 1. The molecule has 7 nitrogen and oxygen atoms in total. The first-order valence-corrected chi connectivity index (χ1v) is 10.7. The second-order valence-electron chi connectivity index (χ2n) is 7.53. The van der Waals surface area contributed by atoms with E-state index in [0.717, 1.165) is 17.7 Å². The standard InChI is InChI=1S/C25H25N5O2/c1-3-18-7-9-20(10-8-18)29(4-2)24(31)17-30-25(32)21-11-13-27-16-22(21)23(28-30)14-19-6-5-12-26-15-19/h5-13,15-16H,3-4,14,17H2,1-2H3. The molecule has 0 radical (unpaired) electrons. The van der Waals surface area contributed by atoms with E-state index < -0.39 is 0 Å². The minimum Gasteiger partial charge on any atom is -0.311 e. The number of pyridine rings is 2. The number of anilines is 1. The maximum atomic E-state index is 13.2. The molecule has 1 amide bonds. The zero-order valence-electron chi connectivity index (χ0n) is 18.2. The van der Waals surface area contributed by atoms with Crippen LogP contribution < -0.4 is 10.5 Å². The lowest BCUT2D eigenvalue weighted by atomic mass is 10.1. The van der Waals surface area contributed by atoms with Gasteiger partial charge in [-0.15, -0.1) is 0 Å². The van der Waals surface area contributed by atoms with Gasteiger partial charge in [-0.05, 0) is 48.7 Å². The van der Waals surface area contributed by atoms with Crippen molar-refractivity contribution in [1.29, 1.82) is 0 Å². The molecule has 0 aliphatic rings. The van der Waals surface area contributed by atoms with Crippen molar-refractivity contribution in [2.24, 2.45) is 0 Å². The maximum Gasteiger partial charge on any atom is 0.275 e. The molecule has 7 heteroatoms. The number of carbonyl (C=O) groups is 1. The summed E-state index contributed by atoms with van der Waals surface area (Å²) < 4.78 is 1.26. The van der Waals surface area contributed by atoms with Gasteiger partial charge in [0.15, 0.2) is 0 Å². The minimum atomic E-state index is -0.303. The maximum absolute atomic E-state index is 13.2. The zero-order chi connectivity index (χ0) is 22.5. The van der Waals surface area contributed by atoms with Crippen LogP contribution >= 0.6 is 0 Å². The van der Waals surface area contributed by atoms with Crippen molar-refractivity contribution in [3.63, 3.8) is 0 Å². The molecule has 0 atom stereocenters. The fraction of sp³-hybridized carbons (Fsp3) is 0.240. The van der Waals surface area contributed by atoms with E-state index in [-0.39, 0.29) is 18.0 Å². The SMILES string of the molecule is CCc1ccc(N(CC)C(=O)Cn2nc(Cc3cccnc3)c3cnccc3c2=O)cc1. The Labute approximate surface area is 186 Å². The summed E-state index contributed by atoms with van der Waals surface area (Å²) in [6, 6.07) is 13.4. The predicted molar refractivity (Wildman–Crippen MR) is 125 cm³/mol. The lowest BCUT2D eigenvalue weighted by Gasteiger charge is -2.22. The molecular weight excluding hydrogens is 402 g/mol. The molecule has 1 aromatic carbocycles. The number of hydrogen-bond acceptors (Lipinski definition) is 5. The zero-order valence-corrected chi connectivity index (χ0v) is 18.2. The van der Waals surface area contributed by atoms with Crippen LogP contribution in [0.5, 0.6) is 0 Å². The van der Waals surface area contributed by atoms with Gasteiger partial charge in [0.25, 0.3) is 5.56 Å². The van der Waals surface area contributed by atoms with Gasteiger partial charge in [-0.25, -0.2) is 4.68 Å². The third kappa shape index (κ3) is 4.42. The first kappa shape index (κ1) is 21.4. The average Bonchev–Trinajstić information content (AvgIpc) is 2.83. The molecule has 0 N–H and O–H groups in total. The van der Waals surface area contributed by atoms with Crippen LogP contribution in [0, 0.1) is 0 Å². The van der Waals surface area contributed by atoms with Gasteiger partial charge in [-0.3, -0.25) is 19.6 Å². The van der Waals surface area contributed by atoms with Crippen LogP contribution in [0.4, 0.5) is 5.69 Å². The Morgan fingerprint density at radius 1 is 0.938 bits per heavy atom. The second kappa shape index (κ2) is 9.51. The van der Waals surface area contributed by atoms with Gasteiger partial charge in [-0.2, -0.15) is 5.10 Å². The van der Waals surface area contributed by atoms with Crippen molar-refractivity contribution >= 4 is 22.4 Å². The van der Waals surface area contributed by atoms with Crippen molar-refractivity contribution in [2.45, 2.75) is 33.2 Å². The summed E-state index contributed by atoms with van der Waals surface area (Å²) in [6.45, 7) is 4.37. The van der Waals surface area contributed by atoms with Crippen LogP contribution in [0.1, 0.15) is 30.7 Å². The van der Waals surface area contributed by atoms with Crippen LogP contribution in [0.3, 0.4) is 0 Å². The summed E-state index contributed by atoms with van der Waals surface area (Å²) in [4.78, 5) is 36.2. The van der Waals surface area contributed by atoms with Crippen LogP contribution in [0.15, 0.2) is 72.0 Å². The van der Waals surface area contributed by atoms with Gasteiger partial charge in [0, 0.05) is 48.8 Å². The normalized spacial score (nSPS) is 10.9. The van der Waals surface area contributed by atoms with Crippen LogP contribution in [0.25, 0.3) is 10.8 Å². The highest BCUT2D eigenvalue weighted by molar-refractivity contribution is 5.93. The highest BCUT2D eigenvalue weighted by atomic mass is 16.2. The van der Waals surface area contributed by atoms with Crippen molar-refractivity contribution in [2.75, 3.05) is 11.4 Å². The third-order valence-corrected chi connectivity index (χ3v) is 5.49. The van der Waals surface area contributed by atoms with Crippen molar-refractivity contribution in [3.05, 3.63) is 94.4 Å². The molecule has 3 heterocycles. The molecule has 0 saturated carbocycles. The molecule has 4 aromatic rings. The molecule has 0 unspecified atom stereocenters. The Balaban J connectivity index is 1.69. The van der Waals surface area contributed by atoms with Crippen molar-refractivity contribution in [3.8, 4) is 0 Å². The average molecular weight is 428 g/mol. The topological polar surface area (TPSA) is 81.0 Å². The summed E-state index contributed by atoms with van der Waals surface area (Å²) in [5.41, 5.74) is 3.36. The number of carbonyl (C=O) groups excluding carboxylic acids is 1. The van der Waals surface area contributed by atoms with Gasteiger partial charge < -0.3 is 4.90 Å². The van der Waals surface area contributed by atoms with Gasteiger partial charge in [0.05, 0.1) is 11.1 Å². The van der Waals surface area contributed by atoms with Gasteiger partial charge in [-0.1, -0.05) is 25.1 Å². The summed E-state index contributed by atoms with van der Waals surface area (Å²) in [6.07, 6.45) is 8.13. The van der Waals surface area contributed by atoms with E-state index in [1.807, 2.05) is 43.3 Å². The Hall–Kier alpha value is -3.87. The van der Waals surface area contributed by atoms with Crippen LogP contribution in [-0.2, 0) is 24.2 Å². The Morgan fingerprint density at radius 2 is 1.72 bits per heavy atom. The molecule has 162 valence electrons. The van der Waals surface area contributed by atoms with Gasteiger partial charge in [0.2, 0.25) is 5.91 Å². The highest BCUT2D eigenvalue weighted by Crippen LogP contribution is 2.18. The second-order valence-corrected chi connectivity index (χ2v) is 7.53. The Kier molecular flexibility index (Phi) is 6.35. The number of aromatic nitrogens is 4.